The topological polar surface area (TPSA) is 82.5 Å². The number of aliphatic hydroxyl groups is 1. The fourth-order valence-electron chi connectivity index (χ4n) is 3.31. The normalized spacial score (nSPS) is 26.7. The van der Waals surface area contributed by atoms with E-state index in [9.17, 15) is 8.42 Å². The number of aliphatic hydroxyl groups excluding tert-OH is 1. The van der Waals surface area contributed by atoms with Gasteiger partial charge in [0.25, 0.3) is 10.0 Å². The first-order chi connectivity index (χ1) is 10.1. The van der Waals surface area contributed by atoms with Crippen LogP contribution in [0.5, 0.6) is 0 Å². The molecule has 0 radical (unpaired) electrons. The van der Waals surface area contributed by atoms with Crippen LogP contribution in [-0.2, 0) is 16.6 Å². The average molecular weight is 311 g/mol. The van der Waals surface area contributed by atoms with Crippen LogP contribution in [0.1, 0.15) is 31.2 Å². The smallest absolute Gasteiger partial charge is 0.258 e. The number of rotatable bonds is 4. The van der Waals surface area contributed by atoms with Crippen LogP contribution in [0.15, 0.2) is 23.4 Å². The fraction of sp³-hybridized carbons (Fsp3) is 0.643. The number of hydrogen-bond donors (Lipinski definition) is 2. The summed E-state index contributed by atoms with van der Waals surface area (Å²) in [4.78, 5) is 6.33. The van der Waals surface area contributed by atoms with Crippen LogP contribution < -0.4 is 4.72 Å². The van der Waals surface area contributed by atoms with Gasteiger partial charge in [0.1, 0.15) is 0 Å². The molecule has 1 aromatic heterocycles. The van der Waals surface area contributed by atoms with Crippen molar-refractivity contribution in [2.45, 2.75) is 49.4 Å². The second kappa shape index (κ2) is 6.00. The van der Waals surface area contributed by atoms with Crippen LogP contribution in [0, 0.1) is 0 Å². The average Bonchev–Trinajstić information content (AvgIpc) is 2.90. The molecule has 2 fully saturated rings. The van der Waals surface area contributed by atoms with E-state index in [0.717, 1.165) is 25.9 Å². The molecule has 6 nitrogen and oxygen atoms in total. The lowest BCUT2D eigenvalue weighted by Gasteiger charge is -2.32. The molecule has 1 aromatic rings. The molecule has 2 saturated heterocycles. The molecule has 2 aliphatic heterocycles. The first kappa shape index (κ1) is 14.9. The number of fused-ring (bicyclic) bond motifs is 1. The van der Waals surface area contributed by atoms with E-state index >= 15 is 0 Å². The zero-order valence-electron chi connectivity index (χ0n) is 11.9. The zero-order valence-corrected chi connectivity index (χ0v) is 12.7. The van der Waals surface area contributed by atoms with Crippen LogP contribution in [-0.4, -0.2) is 48.6 Å². The third-order valence-corrected chi connectivity index (χ3v) is 5.82. The van der Waals surface area contributed by atoms with Gasteiger partial charge < -0.3 is 5.11 Å². The van der Waals surface area contributed by atoms with E-state index in [1.54, 1.807) is 6.07 Å². The molecule has 0 bridgehead atoms. The lowest BCUT2D eigenvalue weighted by molar-refractivity contribution is 0.186. The molecular weight excluding hydrogens is 290 g/mol. The lowest BCUT2D eigenvalue weighted by Crippen LogP contribution is -2.46. The summed E-state index contributed by atoms with van der Waals surface area (Å²) < 4.78 is 27.6. The van der Waals surface area contributed by atoms with E-state index in [-0.39, 0.29) is 17.7 Å². The quantitative estimate of drug-likeness (QED) is 0.845. The molecule has 21 heavy (non-hydrogen) atoms. The molecule has 2 atom stereocenters. The van der Waals surface area contributed by atoms with Crippen LogP contribution in [0.3, 0.4) is 0 Å². The van der Waals surface area contributed by atoms with E-state index in [1.165, 1.54) is 25.1 Å². The molecule has 0 spiro atoms. The SMILES string of the molecule is O=S(=O)(NC1CCN2CCCCC12)c1ccc(CO)cn1. The van der Waals surface area contributed by atoms with E-state index in [4.69, 9.17) is 5.11 Å². The van der Waals surface area contributed by atoms with Gasteiger partial charge in [0.2, 0.25) is 0 Å². The number of nitrogens with one attached hydrogen (secondary N) is 1. The van der Waals surface area contributed by atoms with Gasteiger partial charge in [0.05, 0.1) is 6.61 Å². The Kier molecular flexibility index (Phi) is 4.26. The molecule has 0 saturated carbocycles. The van der Waals surface area contributed by atoms with E-state index < -0.39 is 10.0 Å². The maximum absolute atomic E-state index is 12.4. The Hall–Kier alpha value is -1.02. The lowest BCUT2D eigenvalue weighted by atomic mass is 10.00. The Morgan fingerprint density at radius 3 is 2.86 bits per heavy atom. The summed E-state index contributed by atoms with van der Waals surface area (Å²) in [6.45, 7) is 1.90. The number of hydrogen-bond acceptors (Lipinski definition) is 5. The minimum Gasteiger partial charge on any atom is -0.392 e. The molecule has 0 aromatic carbocycles. The number of nitrogens with zero attached hydrogens (tertiary/aromatic N) is 2. The first-order valence-electron chi connectivity index (χ1n) is 7.42. The van der Waals surface area contributed by atoms with Gasteiger partial charge in [-0.25, -0.2) is 18.1 Å². The molecule has 3 heterocycles. The Morgan fingerprint density at radius 2 is 2.14 bits per heavy atom. The molecule has 7 heteroatoms. The van der Waals surface area contributed by atoms with Gasteiger partial charge in [-0.2, -0.15) is 0 Å². The highest BCUT2D eigenvalue weighted by Crippen LogP contribution is 2.28. The summed E-state index contributed by atoms with van der Waals surface area (Å²) in [5.74, 6) is 0. The van der Waals surface area contributed by atoms with Gasteiger partial charge in [-0.15, -0.1) is 0 Å². The van der Waals surface area contributed by atoms with Crippen LogP contribution >= 0.6 is 0 Å². The summed E-state index contributed by atoms with van der Waals surface area (Å²) in [7, 11) is -3.59. The minimum absolute atomic E-state index is 0.0189. The molecule has 0 amide bonds. The Morgan fingerprint density at radius 1 is 1.29 bits per heavy atom. The summed E-state index contributed by atoms with van der Waals surface area (Å²) in [5.41, 5.74) is 0.605. The number of piperidine rings is 1. The minimum atomic E-state index is -3.59. The van der Waals surface area contributed by atoms with Crippen LogP contribution in [0.25, 0.3) is 0 Å². The predicted octanol–water partition coefficient (Wildman–Crippen LogP) is 0.479. The van der Waals surface area contributed by atoms with E-state index in [2.05, 4.69) is 14.6 Å². The van der Waals surface area contributed by atoms with Crippen molar-refractivity contribution in [3.63, 3.8) is 0 Å². The van der Waals surface area contributed by atoms with Crippen molar-refractivity contribution < 1.29 is 13.5 Å². The molecular formula is C14H21N3O3S. The van der Waals surface area contributed by atoms with Crippen molar-refractivity contribution in [2.75, 3.05) is 13.1 Å². The predicted molar refractivity (Wildman–Crippen MR) is 78.1 cm³/mol. The van der Waals surface area contributed by atoms with E-state index in [1.807, 2.05) is 0 Å². The monoisotopic (exact) mass is 311 g/mol. The van der Waals surface area contributed by atoms with Crippen LogP contribution in [0.4, 0.5) is 0 Å². The number of pyridine rings is 1. The van der Waals surface area contributed by atoms with Gasteiger partial charge in [0, 0.05) is 24.8 Å². The Bertz CT molecular complexity index is 588. The van der Waals surface area contributed by atoms with Crippen molar-refractivity contribution in [2.24, 2.45) is 0 Å². The standard InChI is InChI=1S/C14H21N3O3S/c18-10-11-4-5-14(15-9-11)21(19,20)16-12-6-8-17-7-2-1-3-13(12)17/h4-5,9,12-13,16,18H,1-3,6-8,10H2. The summed E-state index contributed by atoms with van der Waals surface area (Å²) in [6, 6.07) is 3.34. The second-order valence-corrected chi connectivity index (χ2v) is 7.44. The molecule has 3 rings (SSSR count). The molecule has 0 aliphatic carbocycles. The fourth-order valence-corrected chi connectivity index (χ4v) is 4.54. The largest absolute Gasteiger partial charge is 0.392 e. The first-order valence-corrected chi connectivity index (χ1v) is 8.90. The van der Waals surface area contributed by atoms with Gasteiger partial charge in [-0.1, -0.05) is 12.5 Å². The molecule has 116 valence electrons. The number of aromatic nitrogens is 1. The van der Waals surface area contributed by atoms with Crippen LogP contribution in [0.2, 0.25) is 0 Å². The van der Waals surface area contributed by atoms with Gasteiger partial charge in [-0.05, 0) is 37.4 Å². The zero-order chi connectivity index (χ0) is 14.9. The van der Waals surface area contributed by atoms with Gasteiger partial charge in [0.15, 0.2) is 5.03 Å². The Labute approximate surface area is 125 Å². The summed E-state index contributed by atoms with van der Waals surface area (Å²) in [6.07, 6.45) is 5.70. The van der Waals surface area contributed by atoms with Crippen molar-refractivity contribution >= 4 is 10.0 Å². The van der Waals surface area contributed by atoms with Gasteiger partial charge in [-0.3, -0.25) is 4.90 Å². The highest BCUT2D eigenvalue weighted by molar-refractivity contribution is 7.89. The second-order valence-electron chi connectivity index (χ2n) is 5.78. The maximum atomic E-state index is 12.4. The highest BCUT2D eigenvalue weighted by atomic mass is 32.2. The van der Waals surface area contributed by atoms with Crippen molar-refractivity contribution in [1.29, 1.82) is 0 Å². The summed E-state index contributed by atoms with van der Waals surface area (Å²) in [5, 5.41) is 9.00. The maximum Gasteiger partial charge on any atom is 0.258 e. The van der Waals surface area contributed by atoms with Crippen molar-refractivity contribution in [3.05, 3.63) is 23.9 Å². The third kappa shape index (κ3) is 3.11. The van der Waals surface area contributed by atoms with Crippen molar-refractivity contribution in [1.82, 2.24) is 14.6 Å². The van der Waals surface area contributed by atoms with Gasteiger partial charge >= 0.3 is 0 Å². The van der Waals surface area contributed by atoms with E-state index in [0.29, 0.717) is 11.6 Å². The highest BCUT2D eigenvalue weighted by Gasteiger charge is 2.37. The number of sulfonamides is 1. The molecule has 2 aliphatic rings. The molecule has 2 N–H and O–H groups in total. The molecule has 2 unspecified atom stereocenters. The Balaban J connectivity index is 1.73. The summed E-state index contributed by atoms with van der Waals surface area (Å²) >= 11 is 0. The van der Waals surface area contributed by atoms with Crippen molar-refractivity contribution in [3.8, 4) is 0 Å². The third-order valence-electron chi connectivity index (χ3n) is 4.42.